The van der Waals surface area contributed by atoms with Crippen LogP contribution in [-0.4, -0.2) is 108 Å². The highest BCUT2D eigenvalue weighted by Crippen LogP contribution is 2.40. The van der Waals surface area contributed by atoms with Gasteiger partial charge < -0.3 is 45.6 Å². The van der Waals surface area contributed by atoms with E-state index in [4.69, 9.17) is 4.74 Å². The number of ketones is 2. The van der Waals surface area contributed by atoms with Crippen molar-refractivity contribution in [2.75, 3.05) is 13.2 Å². The molecule has 0 spiro atoms. The Balaban J connectivity index is 2.89. The van der Waals surface area contributed by atoms with E-state index >= 15 is 0 Å². The SMILES string of the molecule is CC/C=C\C/C=C\C/C=C\CCCCCCCC(=O)C(O)(C(=O)C(CCCCCC/C=C\C/C=C\C/C=C\CC)C1(O)O[C@H](CO)[C@H](O)[C@H](O)[C@H]1O)C(O)CO. The van der Waals surface area contributed by atoms with Crippen LogP contribution in [0.1, 0.15) is 136 Å². The summed E-state index contributed by atoms with van der Waals surface area (Å²) in [7, 11) is 0. The number of aliphatic hydroxyl groups is 8. The predicted molar refractivity (Wildman–Crippen MR) is 220 cm³/mol. The minimum absolute atomic E-state index is 0.241. The molecule has 0 aromatic rings. The summed E-state index contributed by atoms with van der Waals surface area (Å²) in [5.74, 6) is -7.27. The van der Waals surface area contributed by atoms with Crippen molar-refractivity contribution >= 4 is 11.6 Å². The highest BCUT2D eigenvalue weighted by Gasteiger charge is 2.62. The molecule has 1 rings (SSSR count). The molecule has 0 aromatic carbocycles. The molecule has 8 N–H and O–H groups in total. The number of allylic oxidation sites excluding steroid dienone is 12. The Morgan fingerprint density at radius 2 is 1.11 bits per heavy atom. The molecule has 0 bridgehead atoms. The van der Waals surface area contributed by atoms with Gasteiger partial charge in [-0.25, -0.2) is 0 Å². The third kappa shape index (κ3) is 17.9. The number of aliphatic hydroxyl groups excluding tert-OH is 6. The predicted octanol–water partition coefficient (Wildman–Crippen LogP) is 5.78. The molecule has 11 nitrogen and oxygen atoms in total. The first kappa shape index (κ1) is 51.4. The van der Waals surface area contributed by atoms with Crippen LogP contribution in [0.5, 0.6) is 0 Å². The molecular formula is C45H74O11. The van der Waals surface area contributed by atoms with Crippen LogP contribution in [0.2, 0.25) is 0 Å². The second kappa shape index (κ2) is 30.5. The first-order chi connectivity index (χ1) is 27.0. The Hall–Kier alpha value is -2.58. The molecule has 8 atom stereocenters. The average Bonchev–Trinajstić information content (AvgIpc) is 3.20. The van der Waals surface area contributed by atoms with E-state index in [0.717, 1.165) is 83.5 Å². The average molecular weight is 791 g/mol. The molecule has 1 fully saturated rings. The molecular weight excluding hydrogens is 716 g/mol. The van der Waals surface area contributed by atoms with Gasteiger partial charge in [0.1, 0.15) is 30.5 Å². The third-order valence-electron chi connectivity index (χ3n) is 10.2. The largest absolute Gasteiger partial charge is 0.394 e. The maximum Gasteiger partial charge on any atom is 0.210 e. The normalized spacial score (nSPS) is 24.4. The summed E-state index contributed by atoms with van der Waals surface area (Å²) in [5.41, 5.74) is -3.16. The van der Waals surface area contributed by atoms with Gasteiger partial charge in [-0.2, -0.15) is 0 Å². The smallest absolute Gasteiger partial charge is 0.210 e. The van der Waals surface area contributed by atoms with E-state index in [1.54, 1.807) is 0 Å². The molecule has 56 heavy (non-hydrogen) atoms. The van der Waals surface area contributed by atoms with E-state index in [-0.39, 0.29) is 19.3 Å². The van der Waals surface area contributed by atoms with Crippen molar-refractivity contribution in [2.24, 2.45) is 5.92 Å². The highest BCUT2D eigenvalue weighted by atomic mass is 16.7. The molecule has 1 aliphatic rings. The van der Waals surface area contributed by atoms with Crippen LogP contribution in [-0.2, 0) is 14.3 Å². The van der Waals surface area contributed by atoms with Crippen LogP contribution in [0.3, 0.4) is 0 Å². The Bertz CT molecular complexity index is 1240. The van der Waals surface area contributed by atoms with Crippen molar-refractivity contribution in [1.29, 1.82) is 0 Å². The van der Waals surface area contributed by atoms with Crippen molar-refractivity contribution in [3.05, 3.63) is 72.9 Å². The van der Waals surface area contributed by atoms with Gasteiger partial charge >= 0.3 is 0 Å². The number of unbranched alkanes of at least 4 members (excludes halogenated alkanes) is 9. The Morgan fingerprint density at radius 1 is 0.661 bits per heavy atom. The summed E-state index contributed by atoms with van der Waals surface area (Å²) in [6, 6.07) is 0. The van der Waals surface area contributed by atoms with Gasteiger partial charge in [0.25, 0.3) is 0 Å². The standard InChI is InChI=1S/C45H74O11/c1-3-5-7-9-11-13-15-17-19-21-23-25-27-29-31-33-38(48)44(54,39(49)35-47)42(52)36(45(55)43(53)41(51)40(50)37(34-46)56-45)32-30-28-26-24-22-20-18-16-14-12-10-8-6-4-2/h5-8,11-14,17-20,36-37,39-41,43,46-47,49-51,53-55H,3-4,9-10,15-16,21-35H2,1-2H3/b7-5-,8-6-,13-11-,14-12-,19-17-,20-18-/t36?,37-,39?,40+,41+,43-,44?,45?/m1/s1. The van der Waals surface area contributed by atoms with Gasteiger partial charge in [-0.1, -0.05) is 125 Å². The van der Waals surface area contributed by atoms with Gasteiger partial charge in [0, 0.05) is 6.42 Å². The maximum absolute atomic E-state index is 14.2. The van der Waals surface area contributed by atoms with Crippen LogP contribution in [0.4, 0.5) is 0 Å². The van der Waals surface area contributed by atoms with E-state index in [9.17, 15) is 50.4 Å². The topological polar surface area (TPSA) is 205 Å². The monoisotopic (exact) mass is 791 g/mol. The van der Waals surface area contributed by atoms with Gasteiger partial charge in [0.05, 0.1) is 19.1 Å². The molecule has 0 aliphatic carbocycles. The summed E-state index contributed by atoms with van der Waals surface area (Å²) >= 11 is 0. The zero-order valence-electron chi connectivity index (χ0n) is 34.0. The fourth-order valence-corrected chi connectivity index (χ4v) is 6.76. The van der Waals surface area contributed by atoms with Gasteiger partial charge in [-0.3, -0.25) is 9.59 Å². The van der Waals surface area contributed by atoms with Crippen LogP contribution in [0, 0.1) is 5.92 Å². The lowest BCUT2D eigenvalue weighted by Gasteiger charge is -2.49. The summed E-state index contributed by atoms with van der Waals surface area (Å²) in [5, 5.41) is 85.6. The Morgan fingerprint density at radius 3 is 1.59 bits per heavy atom. The Labute approximate surface area is 335 Å². The molecule has 0 radical (unpaired) electrons. The number of Topliss-reactive ketones (excluding diaryl/α,β-unsaturated/α-hetero) is 2. The van der Waals surface area contributed by atoms with Gasteiger partial charge in [-0.05, 0) is 77.0 Å². The second-order valence-electron chi connectivity index (χ2n) is 14.7. The molecule has 0 amide bonds. The Kier molecular flexibility index (Phi) is 28.0. The number of ether oxygens (including phenoxy) is 1. The quantitative estimate of drug-likeness (QED) is 0.0233. The molecule has 0 saturated carbocycles. The lowest BCUT2D eigenvalue weighted by Crippen LogP contribution is -2.71. The van der Waals surface area contributed by atoms with Gasteiger partial charge in [-0.15, -0.1) is 0 Å². The van der Waals surface area contributed by atoms with Gasteiger partial charge in [0.15, 0.2) is 11.6 Å². The van der Waals surface area contributed by atoms with Crippen molar-refractivity contribution in [2.45, 2.75) is 178 Å². The molecule has 1 aliphatic heterocycles. The lowest BCUT2D eigenvalue weighted by atomic mass is 9.72. The lowest BCUT2D eigenvalue weighted by molar-refractivity contribution is -0.364. The van der Waals surface area contributed by atoms with E-state index in [0.29, 0.717) is 19.3 Å². The summed E-state index contributed by atoms with van der Waals surface area (Å²) in [4.78, 5) is 27.8. The third-order valence-corrected chi connectivity index (χ3v) is 10.2. The van der Waals surface area contributed by atoms with Crippen LogP contribution >= 0.6 is 0 Å². The molecule has 1 heterocycles. The van der Waals surface area contributed by atoms with Crippen molar-refractivity contribution < 1.29 is 55.2 Å². The maximum atomic E-state index is 14.2. The van der Waals surface area contributed by atoms with Crippen LogP contribution in [0.15, 0.2) is 72.9 Å². The molecule has 11 heteroatoms. The number of hydrogen-bond acceptors (Lipinski definition) is 11. The first-order valence-corrected chi connectivity index (χ1v) is 21.0. The van der Waals surface area contributed by atoms with Crippen LogP contribution in [0.25, 0.3) is 0 Å². The number of hydrogen-bond donors (Lipinski definition) is 8. The number of carbonyl (C=O) groups excluding carboxylic acids is 2. The summed E-state index contributed by atoms with van der Waals surface area (Å²) in [6.45, 7) is 2.16. The minimum atomic E-state index is -3.16. The van der Waals surface area contributed by atoms with Crippen LogP contribution < -0.4 is 0 Å². The van der Waals surface area contributed by atoms with E-state index in [1.165, 1.54) is 0 Å². The zero-order chi connectivity index (χ0) is 41.7. The van der Waals surface area contributed by atoms with Crippen molar-refractivity contribution in [3.8, 4) is 0 Å². The number of carbonyl (C=O) groups is 2. The van der Waals surface area contributed by atoms with Crippen molar-refractivity contribution in [1.82, 2.24) is 0 Å². The van der Waals surface area contributed by atoms with Crippen molar-refractivity contribution in [3.63, 3.8) is 0 Å². The first-order valence-electron chi connectivity index (χ1n) is 21.0. The summed E-state index contributed by atoms with van der Waals surface area (Å²) < 4.78 is 5.48. The van der Waals surface area contributed by atoms with Gasteiger partial charge in [0.2, 0.25) is 11.4 Å². The van der Waals surface area contributed by atoms with E-state index < -0.39 is 72.6 Å². The molecule has 0 aromatic heterocycles. The molecule has 1 saturated heterocycles. The highest BCUT2D eigenvalue weighted by molar-refractivity contribution is 6.12. The molecule has 320 valence electrons. The van der Waals surface area contributed by atoms with E-state index in [2.05, 4.69) is 86.8 Å². The summed E-state index contributed by atoms with van der Waals surface area (Å²) in [6.07, 6.45) is 28.2. The minimum Gasteiger partial charge on any atom is -0.394 e. The fraction of sp³-hybridized carbons (Fsp3) is 0.689. The zero-order valence-corrected chi connectivity index (χ0v) is 34.0. The van der Waals surface area contributed by atoms with E-state index in [1.807, 2.05) is 0 Å². The fourth-order valence-electron chi connectivity index (χ4n) is 6.76. The number of rotatable bonds is 32. The second-order valence-corrected chi connectivity index (χ2v) is 14.7. The molecule has 4 unspecified atom stereocenters.